The molecule has 1 atom stereocenters. The minimum atomic E-state index is -0.637. The Balaban J connectivity index is 2.14. The third kappa shape index (κ3) is 6.44. The van der Waals surface area contributed by atoms with E-state index in [0.717, 1.165) is 6.42 Å². The first-order chi connectivity index (χ1) is 14.1. The zero-order chi connectivity index (χ0) is 22.3. The standard InChI is InChI=1S/C24H31N3O3/c1-6-16-27(17(2)21(28)25-20-10-8-7-9-11-20)23(30)19-14-12-18(13-15-19)22(29)26-24(3,4)5/h7-15,17H,6,16H2,1-5H3,(H,25,28)(H,26,29). The monoisotopic (exact) mass is 409 g/mol. The Kier molecular flexibility index (Phi) is 7.75. The number of anilines is 1. The summed E-state index contributed by atoms with van der Waals surface area (Å²) in [6.45, 7) is 9.86. The quantitative estimate of drug-likeness (QED) is 0.723. The number of carbonyl (C=O) groups is 3. The number of rotatable bonds is 7. The van der Waals surface area contributed by atoms with E-state index in [1.165, 1.54) is 0 Å². The van der Waals surface area contributed by atoms with Gasteiger partial charge in [0, 0.05) is 28.9 Å². The maximum atomic E-state index is 13.1. The van der Waals surface area contributed by atoms with Gasteiger partial charge in [-0.25, -0.2) is 0 Å². The largest absolute Gasteiger partial charge is 0.347 e. The Morgan fingerprint density at radius 3 is 2.03 bits per heavy atom. The molecule has 0 saturated heterocycles. The van der Waals surface area contributed by atoms with Crippen molar-refractivity contribution in [3.8, 4) is 0 Å². The van der Waals surface area contributed by atoms with Crippen LogP contribution in [-0.4, -0.2) is 40.7 Å². The summed E-state index contributed by atoms with van der Waals surface area (Å²) in [6, 6.07) is 15.0. The maximum absolute atomic E-state index is 13.1. The molecular weight excluding hydrogens is 378 g/mol. The summed E-state index contributed by atoms with van der Waals surface area (Å²) in [5, 5.41) is 5.74. The van der Waals surface area contributed by atoms with Gasteiger partial charge in [-0.1, -0.05) is 25.1 Å². The fraction of sp³-hybridized carbons (Fsp3) is 0.375. The van der Waals surface area contributed by atoms with Crippen LogP contribution in [0, 0.1) is 0 Å². The predicted molar refractivity (Wildman–Crippen MR) is 120 cm³/mol. The lowest BCUT2D eigenvalue weighted by Gasteiger charge is -2.28. The van der Waals surface area contributed by atoms with Crippen molar-refractivity contribution < 1.29 is 14.4 Å². The lowest BCUT2D eigenvalue weighted by molar-refractivity contribution is -0.120. The van der Waals surface area contributed by atoms with Gasteiger partial charge in [0.05, 0.1) is 0 Å². The smallest absolute Gasteiger partial charge is 0.254 e. The first-order valence-corrected chi connectivity index (χ1v) is 10.2. The van der Waals surface area contributed by atoms with Crippen molar-refractivity contribution in [3.05, 3.63) is 65.7 Å². The van der Waals surface area contributed by atoms with Gasteiger partial charge in [-0.05, 0) is 70.5 Å². The van der Waals surface area contributed by atoms with Gasteiger partial charge in [0.25, 0.3) is 11.8 Å². The fourth-order valence-electron chi connectivity index (χ4n) is 2.96. The molecule has 160 valence electrons. The molecule has 3 amide bonds. The Morgan fingerprint density at radius 2 is 1.50 bits per heavy atom. The van der Waals surface area contributed by atoms with E-state index >= 15 is 0 Å². The van der Waals surface area contributed by atoms with E-state index in [1.807, 2.05) is 45.9 Å². The van der Waals surface area contributed by atoms with Crippen LogP contribution in [0.25, 0.3) is 0 Å². The highest BCUT2D eigenvalue weighted by Crippen LogP contribution is 2.14. The van der Waals surface area contributed by atoms with Crippen LogP contribution >= 0.6 is 0 Å². The average molecular weight is 410 g/mol. The van der Waals surface area contributed by atoms with Crippen LogP contribution in [0.3, 0.4) is 0 Å². The zero-order valence-corrected chi connectivity index (χ0v) is 18.4. The predicted octanol–water partition coefficient (Wildman–Crippen LogP) is 4.09. The van der Waals surface area contributed by atoms with Gasteiger partial charge < -0.3 is 15.5 Å². The van der Waals surface area contributed by atoms with Gasteiger partial charge in [-0.3, -0.25) is 14.4 Å². The second-order valence-corrected chi connectivity index (χ2v) is 8.31. The summed E-state index contributed by atoms with van der Waals surface area (Å²) in [5.41, 5.74) is 1.27. The van der Waals surface area contributed by atoms with Crippen molar-refractivity contribution >= 4 is 23.4 Å². The van der Waals surface area contributed by atoms with E-state index in [4.69, 9.17) is 0 Å². The van der Waals surface area contributed by atoms with E-state index in [9.17, 15) is 14.4 Å². The molecule has 2 N–H and O–H groups in total. The molecule has 0 aliphatic rings. The molecular formula is C24H31N3O3. The highest BCUT2D eigenvalue weighted by molar-refractivity contribution is 6.02. The second-order valence-electron chi connectivity index (χ2n) is 8.31. The van der Waals surface area contributed by atoms with Crippen molar-refractivity contribution in [2.45, 2.75) is 52.6 Å². The van der Waals surface area contributed by atoms with Gasteiger partial charge in [0.2, 0.25) is 5.91 Å². The van der Waals surface area contributed by atoms with Crippen LogP contribution in [0.1, 0.15) is 61.8 Å². The Morgan fingerprint density at radius 1 is 0.933 bits per heavy atom. The van der Waals surface area contributed by atoms with Gasteiger partial charge >= 0.3 is 0 Å². The Labute approximate surface area is 178 Å². The SMILES string of the molecule is CCCN(C(=O)c1ccc(C(=O)NC(C)(C)C)cc1)C(C)C(=O)Nc1ccccc1. The van der Waals surface area contributed by atoms with Crippen LogP contribution in [0.5, 0.6) is 0 Å². The van der Waals surface area contributed by atoms with Crippen LogP contribution in [0.4, 0.5) is 5.69 Å². The third-order valence-corrected chi connectivity index (χ3v) is 4.50. The van der Waals surface area contributed by atoms with Crippen molar-refractivity contribution in [3.63, 3.8) is 0 Å². The van der Waals surface area contributed by atoms with E-state index in [0.29, 0.717) is 23.4 Å². The van der Waals surface area contributed by atoms with Crippen molar-refractivity contribution in [1.82, 2.24) is 10.2 Å². The lowest BCUT2D eigenvalue weighted by atomic mass is 10.1. The molecule has 0 bridgehead atoms. The number of para-hydroxylation sites is 1. The molecule has 0 saturated carbocycles. The minimum absolute atomic E-state index is 0.192. The summed E-state index contributed by atoms with van der Waals surface area (Å²) in [5.74, 6) is -0.679. The summed E-state index contributed by atoms with van der Waals surface area (Å²) in [6.07, 6.45) is 0.723. The number of carbonyl (C=O) groups excluding carboxylic acids is 3. The summed E-state index contributed by atoms with van der Waals surface area (Å²) in [4.78, 5) is 39.6. The summed E-state index contributed by atoms with van der Waals surface area (Å²) >= 11 is 0. The van der Waals surface area contributed by atoms with Crippen molar-refractivity contribution in [1.29, 1.82) is 0 Å². The normalized spacial score (nSPS) is 12.0. The number of hydrogen-bond acceptors (Lipinski definition) is 3. The van der Waals surface area contributed by atoms with Crippen LogP contribution in [-0.2, 0) is 4.79 Å². The van der Waals surface area contributed by atoms with Gasteiger partial charge in [-0.2, -0.15) is 0 Å². The molecule has 2 aromatic carbocycles. The van der Waals surface area contributed by atoms with Gasteiger partial charge in [-0.15, -0.1) is 0 Å². The molecule has 0 aromatic heterocycles. The van der Waals surface area contributed by atoms with Crippen LogP contribution in [0.15, 0.2) is 54.6 Å². The topological polar surface area (TPSA) is 78.5 Å². The summed E-state index contributed by atoms with van der Waals surface area (Å²) in [7, 11) is 0. The Hall–Kier alpha value is -3.15. The number of nitrogens with zero attached hydrogens (tertiary/aromatic N) is 1. The van der Waals surface area contributed by atoms with E-state index in [-0.39, 0.29) is 23.3 Å². The molecule has 0 aliphatic carbocycles. The molecule has 30 heavy (non-hydrogen) atoms. The number of benzene rings is 2. The minimum Gasteiger partial charge on any atom is -0.347 e. The van der Waals surface area contributed by atoms with E-state index in [1.54, 1.807) is 48.2 Å². The molecule has 0 aliphatic heterocycles. The molecule has 2 rings (SSSR count). The Bertz CT molecular complexity index is 871. The molecule has 0 spiro atoms. The molecule has 6 heteroatoms. The highest BCUT2D eigenvalue weighted by atomic mass is 16.2. The van der Waals surface area contributed by atoms with E-state index < -0.39 is 6.04 Å². The van der Waals surface area contributed by atoms with Gasteiger partial charge in [0.15, 0.2) is 0 Å². The molecule has 0 heterocycles. The zero-order valence-electron chi connectivity index (χ0n) is 18.4. The number of nitrogens with one attached hydrogen (secondary N) is 2. The molecule has 1 unspecified atom stereocenters. The number of amides is 3. The number of hydrogen-bond donors (Lipinski definition) is 2. The first-order valence-electron chi connectivity index (χ1n) is 10.2. The molecule has 0 fully saturated rings. The fourth-order valence-corrected chi connectivity index (χ4v) is 2.96. The van der Waals surface area contributed by atoms with Crippen LogP contribution < -0.4 is 10.6 Å². The third-order valence-electron chi connectivity index (χ3n) is 4.50. The highest BCUT2D eigenvalue weighted by Gasteiger charge is 2.26. The van der Waals surface area contributed by atoms with Crippen LogP contribution in [0.2, 0.25) is 0 Å². The molecule has 2 aromatic rings. The first kappa shape index (κ1) is 23.1. The van der Waals surface area contributed by atoms with E-state index in [2.05, 4.69) is 10.6 Å². The molecule has 6 nitrogen and oxygen atoms in total. The van der Waals surface area contributed by atoms with Gasteiger partial charge in [0.1, 0.15) is 6.04 Å². The average Bonchev–Trinajstić information content (AvgIpc) is 2.70. The maximum Gasteiger partial charge on any atom is 0.254 e. The molecule has 0 radical (unpaired) electrons. The summed E-state index contributed by atoms with van der Waals surface area (Å²) < 4.78 is 0. The lowest BCUT2D eigenvalue weighted by Crippen LogP contribution is -2.46. The van der Waals surface area contributed by atoms with Crippen molar-refractivity contribution in [2.75, 3.05) is 11.9 Å². The second kappa shape index (κ2) is 10.1. The van der Waals surface area contributed by atoms with Crippen molar-refractivity contribution in [2.24, 2.45) is 0 Å².